The highest BCUT2D eigenvalue weighted by Crippen LogP contribution is 2.18. The zero-order chi connectivity index (χ0) is 18.1. The molecule has 1 unspecified atom stereocenters. The van der Waals surface area contributed by atoms with E-state index >= 15 is 0 Å². The predicted molar refractivity (Wildman–Crippen MR) is 99.5 cm³/mol. The Morgan fingerprint density at radius 2 is 2.04 bits per heavy atom. The van der Waals surface area contributed by atoms with Crippen molar-refractivity contribution >= 4 is 16.8 Å². The molecule has 1 saturated heterocycles. The van der Waals surface area contributed by atoms with Gasteiger partial charge in [-0.25, -0.2) is 4.98 Å². The predicted octanol–water partition coefficient (Wildman–Crippen LogP) is 2.37. The van der Waals surface area contributed by atoms with Crippen LogP contribution < -0.4 is 5.56 Å². The van der Waals surface area contributed by atoms with E-state index in [1.165, 1.54) is 6.42 Å². The monoisotopic (exact) mass is 355 g/mol. The first-order valence-electron chi connectivity index (χ1n) is 9.58. The first-order chi connectivity index (χ1) is 12.6. The van der Waals surface area contributed by atoms with Crippen LogP contribution in [0.15, 0.2) is 23.0 Å². The lowest BCUT2D eigenvalue weighted by Crippen LogP contribution is -2.44. The lowest BCUT2D eigenvalue weighted by molar-refractivity contribution is -0.0124. The van der Waals surface area contributed by atoms with Crippen molar-refractivity contribution < 1.29 is 9.53 Å². The summed E-state index contributed by atoms with van der Waals surface area (Å²) in [5.41, 5.74) is 1.24. The molecule has 26 heavy (non-hydrogen) atoms. The van der Waals surface area contributed by atoms with Crippen LogP contribution in [-0.4, -0.2) is 46.2 Å². The van der Waals surface area contributed by atoms with Crippen LogP contribution in [0, 0.1) is 0 Å². The molecule has 1 fully saturated rings. The zero-order valence-electron chi connectivity index (χ0n) is 15.2. The lowest BCUT2D eigenvalue weighted by Gasteiger charge is -2.31. The fraction of sp³-hybridized carbons (Fsp3) is 0.550. The molecule has 1 amide bonds. The number of hydrogen-bond acceptors (Lipinski definition) is 4. The van der Waals surface area contributed by atoms with E-state index in [2.05, 4.69) is 0 Å². The quantitative estimate of drug-likeness (QED) is 0.788. The van der Waals surface area contributed by atoms with Gasteiger partial charge in [0.1, 0.15) is 5.82 Å². The van der Waals surface area contributed by atoms with E-state index in [0.717, 1.165) is 38.1 Å². The van der Waals surface area contributed by atoms with E-state index in [1.54, 1.807) is 18.2 Å². The molecule has 0 N–H and O–H groups in total. The third-order valence-corrected chi connectivity index (χ3v) is 5.34. The minimum absolute atomic E-state index is 0.0179. The van der Waals surface area contributed by atoms with Gasteiger partial charge in [0.05, 0.1) is 23.6 Å². The number of nitrogens with zero attached hydrogens (tertiary/aromatic N) is 3. The summed E-state index contributed by atoms with van der Waals surface area (Å²) < 4.78 is 7.34. The van der Waals surface area contributed by atoms with Crippen LogP contribution in [0.25, 0.3) is 10.9 Å². The fourth-order valence-electron chi connectivity index (χ4n) is 3.91. The molecule has 0 aliphatic carbocycles. The van der Waals surface area contributed by atoms with Crippen LogP contribution in [0.2, 0.25) is 0 Å². The number of carbonyl (C=O) groups excluding carboxylic acids is 1. The third-order valence-electron chi connectivity index (χ3n) is 5.34. The van der Waals surface area contributed by atoms with Gasteiger partial charge in [-0.1, -0.05) is 12.8 Å². The Bertz CT molecular complexity index is 890. The summed E-state index contributed by atoms with van der Waals surface area (Å²) in [6.07, 6.45) is 5.30. The second-order valence-corrected chi connectivity index (χ2v) is 7.31. The van der Waals surface area contributed by atoms with Gasteiger partial charge in [0.25, 0.3) is 11.5 Å². The molecule has 2 aromatic rings. The molecule has 1 aromatic carbocycles. The Morgan fingerprint density at radius 3 is 2.88 bits per heavy atom. The molecule has 2 aliphatic rings. The Hall–Kier alpha value is -2.21. The van der Waals surface area contributed by atoms with Gasteiger partial charge >= 0.3 is 0 Å². The van der Waals surface area contributed by atoms with Crippen LogP contribution in [-0.2, 0) is 17.7 Å². The van der Waals surface area contributed by atoms with E-state index in [1.807, 2.05) is 16.4 Å². The summed E-state index contributed by atoms with van der Waals surface area (Å²) in [4.78, 5) is 32.3. The van der Waals surface area contributed by atoms with Crippen molar-refractivity contribution in [3.63, 3.8) is 0 Å². The SMILES string of the molecule is CC1CN(C(=O)c2ccc3c(=O)n4c(nc3c2)CCCCCC4)CCO1. The maximum atomic E-state index is 12.9. The van der Waals surface area contributed by atoms with Gasteiger partial charge in [-0.2, -0.15) is 0 Å². The van der Waals surface area contributed by atoms with E-state index in [9.17, 15) is 9.59 Å². The minimum Gasteiger partial charge on any atom is -0.375 e. The normalized spacial score (nSPS) is 21.1. The van der Waals surface area contributed by atoms with E-state index in [4.69, 9.17) is 9.72 Å². The first-order valence-corrected chi connectivity index (χ1v) is 9.58. The van der Waals surface area contributed by atoms with Crippen molar-refractivity contribution in [1.82, 2.24) is 14.5 Å². The molecule has 2 aliphatic heterocycles. The number of amides is 1. The third kappa shape index (κ3) is 3.26. The smallest absolute Gasteiger partial charge is 0.261 e. The average Bonchev–Trinajstić information content (AvgIpc) is 2.62. The van der Waals surface area contributed by atoms with Crippen molar-refractivity contribution in [2.24, 2.45) is 0 Å². The zero-order valence-corrected chi connectivity index (χ0v) is 15.2. The summed E-state index contributed by atoms with van der Waals surface area (Å²) >= 11 is 0. The molecule has 6 nitrogen and oxygen atoms in total. The van der Waals surface area contributed by atoms with Gasteiger partial charge in [-0.15, -0.1) is 0 Å². The van der Waals surface area contributed by atoms with Crippen LogP contribution in [0.4, 0.5) is 0 Å². The number of carbonyl (C=O) groups is 1. The summed E-state index contributed by atoms with van der Waals surface area (Å²) in [5, 5.41) is 0.598. The number of aromatic nitrogens is 2. The van der Waals surface area contributed by atoms with Crippen molar-refractivity contribution in [2.45, 2.75) is 51.7 Å². The summed E-state index contributed by atoms with van der Waals surface area (Å²) in [5.74, 6) is 0.836. The molecule has 0 bridgehead atoms. The number of aryl methyl sites for hydroxylation is 1. The summed E-state index contributed by atoms with van der Waals surface area (Å²) in [7, 11) is 0. The van der Waals surface area contributed by atoms with Gasteiger partial charge < -0.3 is 9.64 Å². The first kappa shape index (κ1) is 17.2. The Morgan fingerprint density at radius 1 is 1.19 bits per heavy atom. The van der Waals surface area contributed by atoms with Gasteiger partial charge in [0.2, 0.25) is 0 Å². The van der Waals surface area contributed by atoms with E-state index in [0.29, 0.717) is 36.2 Å². The van der Waals surface area contributed by atoms with Crippen molar-refractivity contribution in [1.29, 1.82) is 0 Å². The van der Waals surface area contributed by atoms with E-state index < -0.39 is 0 Å². The maximum absolute atomic E-state index is 12.9. The van der Waals surface area contributed by atoms with Gasteiger partial charge in [-0.3, -0.25) is 14.2 Å². The summed E-state index contributed by atoms with van der Waals surface area (Å²) in [6.45, 7) is 4.47. The Balaban J connectivity index is 1.71. The topological polar surface area (TPSA) is 64.4 Å². The molecule has 0 spiro atoms. The second kappa shape index (κ2) is 7.19. The number of rotatable bonds is 1. The van der Waals surface area contributed by atoms with Gasteiger partial charge in [0, 0.05) is 31.6 Å². The number of ether oxygens (including phenoxy) is 1. The Kier molecular flexibility index (Phi) is 4.76. The van der Waals surface area contributed by atoms with Crippen LogP contribution >= 0.6 is 0 Å². The number of benzene rings is 1. The molecule has 1 atom stereocenters. The lowest BCUT2D eigenvalue weighted by atomic mass is 10.1. The molecule has 0 saturated carbocycles. The highest BCUT2D eigenvalue weighted by atomic mass is 16.5. The number of hydrogen-bond donors (Lipinski definition) is 0. The van der Waals surface area contributed by atoms with Crippen LogP contribution in [0.3, 0.4) is 0 Å². The van der Waals surface area contributed by atoms with Crippen molar-refractivity contribution in [3.05, 3.63) is 39.9 Å². The molecule has 0 radical (unpaired) electrons. The van der Waals surface area contributed by atoms with Gasteiger partial charge in [-0.05, 0) is 38.0 Å². The maximum Gasteiger partial charge on any atom is 0.261 e. The van der Waals surface area contributed by atoms with Gasteiger partial charge in [0.15, 0.2) is 0 Å². The molecular weight excluding hydrogens is 330 g/mol. The van der Waals surface area contributed by atoms with Crippen LogP contribution in [0.5, 0.6) is 0 Å². The molecule has 3 heterocycles. The summed E-state index contributed by atoms with van der Waals surface area (Å²) in [6, 6.07) is 5.29. The fourth-order valence-corrected chi connectivity index (χ4v) is 3.91. The van der Waals surface area contributed by atoms with Crippen molar-refractivity contribution in [3.8, 4) is 0 Å². The highest BCUT2D eigenvalue weighted by Gasteiger charge is 2.23. The second-order valence-electron chi connectivity index (χ2n) is 7.31. The average molecular weight is 355 g/mol. The van der Waals surface area contributed by atoms with Crippen molar-refractivity contribution in [2.75, 3.05) is 19.7 Å². The molecule has 6 heteroatoms. The number of fused-ring (bicyclic) bond motifs is 2. The highest BCUT2D eigenvalue weighted by molar-refractivity contribution is 5.97. The standard InChI is InChI=1S/C20H25N3O3/c1-14-13-22(10-11-26-14)19(24)15-7-8-16-17(12-15)21-18-6-4-2-3-5-9-23(18)20(16)25/h7-8,12,14H,2-6,9-11,13H2,1H3. The minimum atomic E-state index is -0.0179. The molecule has 4 rings (SSSR count). The molecule has 138 valence electrons. The van der Waals surface area contributed by atoms with Crippen LogP contribution in [0.1, 0.15) is 48.8 Å². The molecule has 1 aromatic heterocycles. The largest absolute Gasteiger partial charge is 0.375 e. The number of morpholine rings is 1. The molecular formula is C20H25N3O3. The Labute approximate surface area is 152 Å². The van der Waals surface area contributed by atoms with E-state index in [-0.39, 0.29) is 17.6 Å².